The average Bonchev–Trinajstić information content (AvgIpc) is 2.67. The number of thiazole rings is 1. The monoisotopic (exact) mass is 298 g/mol. The van der Waals surface area contributed by atoms with Gasteiger partial charge in [-0.25, -0.2) is 0 Å². The van der Waals surface area contributed by atoms with Crippen molar-refractivity contribution >= 4 is 11.3 Å². The normalized spacial score (nSPS) is 13.7. The van der Waals surface area contributed by atoms with E-state index in [2.05, 4.69) is 0 Å². The van der Waals surface area contributed by atoms with Crippen LogP contribution in [-0.2, 0) is 7.05 Å². The zero-order valence-electron chi connectivity index (χ0n) is 12.4. The van der Waals surface area contributed by atoms with Crippen LogP contribution >= 0.6 is 11.3 Å². The smallest absolute Gasteiger partial charge is 0.271 e. The third kappa shape index (κ3) is 4.01. The zero-order chi connectivity index (χ0) is 16.2. The second kappa shape index (κ2) is 6.97. The fraction of sp³-hybridized carbons (Fsp3) is 0.308. The van der Waals surface area contributed by atoms with Crippen LogP contribution in [0.25, 0.3) is 0 Å². The first kappa shape index (κ1) is 14.4. The highest BCUT2D eigenvalue weighted by molar-refractivity contribution is 7.11. The van der Waals surface area contributed by atoms with Gasteiger partial charge in [0.25, 0.3) is 5.01 Å². The summed E-state index contributed by atoms with van der Waals surface area (Å²) >= 11 is 1.47. The molecule has 0 spiro atoms. The number of aryl methyl sites for hydroxylation is 1. The molecule has 108 valence electrons. The molecule has 6 nitrogen and oxygen atoms in total. The molecule has 0 saturated carbocycles. The summed E-state index contributed by atoms with van der Waals surface area (Å²) in [4.78, 5) is 9.38. The summed E-state index contributed by atoms with van der Waals surface area (Å²) in [6.45, 7) is 4.00. The van der Waals surface area contributed by atoms with Crippen LogP contribution in [-0.4, -0.2) is 10.2 Å². The van der Waals surface area contributed by atoms with Crippen LogP contribution in [0, 0.1) is 29.2 Å². The summed E-state index contributed by atoms with van der Waals surface area (Å²) in [7, 11) is 1.89. The minimum absolute atomic E-state index is 0.594. The maximum atomic E-state index is 10.4. The number of rotatable bonds is 2. The number of hydrogen-bond donors (Lipinski definition) is 1. The third-order valence-electron chi connectivity index (χ3n) is 2.82. The number of aliphatic hydroxyl groups is 1. The zero-order valence-corrected chi connectivity index (χ0v) is 12.2. The lowest BCUT2D eigenvalue weighted by Crippen LogP contribution is -2.35. The molecule has 0 radical (unpaired) electrons. The van der Waals surface area contributed by atoms with E-state index in [0.717, 1.165) is 10.6 Å². The predicted molar refractivity (Wildman–Crippen MR) is 75.8 cm³/mol. The molecule has 1 heterocycles. The van der Waals surface area contributed by atoms with Crippen LogP contribution in [0.15, 0.2) is 30.3 Å². The summed E-state index contributed by atoms with van der Waals surface area (Å²) in [5.74, 6) is 0. The molecule has 1 aromatic heterocycles. The Bertz CT molecular complexity index is 625. The molecule has 0 aliphatic carbocycles. The van der Waals surface area contributed by atoms with Crippen molar-refractivity contribution in [2.75, 3.05) is 0 Å². The molecule has 0 amide bonds. The quantitative estimate of drug-likeness (QED) is 0.522. The van der Waals surface area contributed by atoms with E-state index in [4.69, 9.17) is 16.7 Å². The van der Waals surface area contributed by atoms with Crippen molar-refractivity contribution < 1.29 is 16.1 Å². The fourth-order valence-electron chi connectivity index (χ4n) is 1.60. The minimum Gasteiger partial charge on any atom is -0.377 e. The largest absolute Gasteiger partial charge is 0.377 e. The van der Waals surface area contributed by atoms with Crippen LogP contribution < -0.4 is 4.57 Å². The molecule has 1 aromatic carbocycles. The van der Waals surface area contributed by atoms with Gasteiger partial charge in [-0.2, -0.15) is 4.57 Å². The van der Waals surface area contributed by atoms with E-state index in [1.807, 2.05) is 43.7 Å². The molecule has 20 heavy (non-hydrogen) atoms. The molecular weight excluding hydrogens is 281 g/mol. The van der Waals surface area contributed by atoms with Crippen LogP contribution in [0.5, 0.6) is 0 Å². The van der Waals surface area contributed by atoms with E-state index in [1.54, 1.807) is 12.1 Å². The maximum absolute atomic E-state index is 10.4. The SMILES string of the molecule is O=[N+]([O-])[O-].[2H]C(O)(c1ccccc1)[13c]1sc(C)c(C)[n+]1C. The van der Waals surface area contributed by atoms with Crippen LogP contribution in [0.2, 0.25) is 0 Å². The van der Waals surface area contributed by atoms with Crippen molar-refractivity contribution in [2.45, 2.75) is 19.9 Å². The summed E-state index contributed by atoms with van der Waals surface area (Å²) in [5.41, 5.74) is 1.68. The molecular formula is C13H16N2O4S. The fourth-order valence-corrected chi connectivity index (χ4v) is 2.67. The Morgan fingerprint density at radius 3 is 2.25 bits per heavy atom. The Balaban J connectivity index is 0.000000491. The van der Waals surface area contributed by atoms with Crippen LogP contribution in [0.1, 0.15) is 28.6 Å². The van der Waals surface area contributed by atoms with Gasteiger partial charge in [0.1, 0.15) is 7.05 Å². The average molecular weight is 298 g/mol. The van der Waals surface area contributed by atoms with Crippen molar-refractivity contribution in [3.63, 3.8) is 0 Å². The highest BCUT2D eigenvalue weighted by Crippen LogP contribution is 2.25. The van der Waals surface area contributed by atoms with Gasteiger partial charge in [0, 0.05) is 6.92 Å². The molecule has 0 aliphatic rings. The molecule has 0 fully saturated rings. The van der Waals surface area contributed by atoms with Gasteiger partial charge in [0.15, 0.2) is 11.8 Å². The minimum atomic E-state index is -1.75. The van der Waals surface area contributed by atoms with Gasteiger partial charge in [0.2, 0.25) is 0 Å². The molecule has 0 aliphatic heterocycles. The van der Waals surface area contributed by atoms with E-state index in [9.17, 15) is 5.11 Å². The van der Waals surface area contributed by atoms with Crippen molar-refractivity contribution in [3.05, 3.63) is 66.8 Å². The molecule has 2 rings (SSSR count). The topological polar surface area (TPSA) is 90.3 Å². The highest BCUT2D eigenvalue weighted by Gasteiger charge is 2.25. The molecule has 0 saturated heterocycles. The first-order valence-corrected chi connectivity index (χ1v) is 6.55. The second-order valence-electron chi connectivity index (χ2n) is 4.05. The summed E-state index contributed by atoms with van der Waals surface area (Å²) in [5, 5.41) is 25.8. The van der Waals surface area contributed by atoms with Gasteiger partial charge in [0.05, 0.1) is 11.3 Å². The van der Waals surface area contributed by atoms with Gasteiger partial charge >= 0.3 is 0 Å². The molecule has 0 bridgehead atoms. The molecule has 1 atom stereocenters. The summed E-state index contributed by atoms with van der Waals surface area (Å²) in [6.07, 6.45) is -1.68. The number of aromatic nitrogens is 1. The Kier molecular flexibility index (Phi) is 5.03. The van der Waals surface area contributed by atoms with Crippen molar-refractivity contribution in [1.29, 1.82) is 0 Å². The lowest BCUT2D eigenvalue weighted by molar-refractivity contribution is -0.683. The Morgan fingerprint density at radius 2 is 1.85 bits per heavy atom. The maximum Gasteiger partial charge on any atom is 0.271 e. The molecule has 7 heteroatoms. The summed E-state index contributed by atoms with van der Waals surface area (Å²) in [6, 6.07) is 9.10. The number of nitrogens with zero attached hydrogens (tertiary/aromatic N) is 2. The Labute approximate surface area is 122 Å². The van der Waals surface area contributed by atoms with Crippen molar-refractivity contribution in [1.82, 2.24) is 0 Å². The van der Waals surface area contributed by atoms with E-state index in [0.29, 0.717) is 10.6 Å². The van der Waals surface area contributed by atoms with Gasteiger partial charge in [-0.3, -0.25) is 0 Å². The van der Waals surface area contributed by atoms with Crippen molar-refractivity contribution in [3.8, 4) is 0 Å². The Morgan fingerprint density at radius 1 is 1.35 bits per heavy atom. The standard InChI is InChI=1S/C13H16NOS.NO3/c1-9-10(2)16-13(14(9)3)12(15)11-7-5-4-6-8-11;2-1(3)4/h4-8,12,15H,1-3H3;/q+1;-1/i12D,13+1;. The van der Waals surface area contributed by atoms with Gasteiger partial charge in [-0.05, 0) is 12.5 Å². The Hall–Kier alpha value is -1.99. The second-order valence-corrected chi connectivity index (χ2v) is 5.25. The van der Waals surface area contributed by atoms with E-state index in [-0.39, 0.29) is 0 Å². The van der Waals surface area contributed by atoms with Crippen molar-refractivity contribution in [2.24, 2.45) is 7.05 Å². The van der Waals surface area contributed by atoms with Crippen LogP contribution in [0.4, 0.5) is 0 Å². The molecule has 1 N–H and O–H groups in total. The third-order valence-corrected chi connectivity index (χ3v) is 4.08. The molecule has 2 aromatic rings. The van der Waals surface area contributed by atoms with Crippen LogP contribution in [0.3, 0.4) is 0 Å². The summed E-state index contributed by atoms with van der Waals surface area (Å²) < 4.78 is 10.1. The van der Waals surface area contributed by atoms with Gasteiger partial charge in [-0.15, -0.1) is 0 Å². The van der Waals surface area contributed by atoms with E-state index < -0.39 is 11.2 Å². The van der Waals surface area contributed by atoms with E-state index in [1.165, 1.54) is 11.3 Å². The predicted octanol–water partition coefficient (Wildman–Crippen LogP) is 2.03. The first-order valence-electron chi connectivity index (χ1n) is 6.23. The lowest BCUT2D eigenvalue weighted by Gasteiger charge is -2.05. The number of hydrogen-bond acceptors (Lipinski definition) is 5. The van der Waals surface area contributed by atoms with Gasteiger partial charge in [-0.1, -0.05) is 41.7 Å². The lowest BCUT2D eigenvalue weighted by atomic mass is 10.2. The number of benzene rings is 1. The highest BCUT2D eigenvalue weighted by atomic mass is 32.1. The van der Waals surface area contributed by atoms with E-state index >= 15 is 0 Å². The van der Waals surface area contributed by atoms with Gasteiger partial charge < -0.3 is 20.4 Å². The molecule has 1 unspecified atom stereocenters. The first-order chi connectivity index (χ1) is 9.67.